The maximum Gasteiger partial charge on any atom is 0.444 e. The lowest BCUT2D eigenvalue weighted by Crippen LogP contribution is -2.32. The standard InChI is InChI=1S/C8H18N2O4S/c1-5-10(6-2)15(12,14-7-3)9-8(11)13-4/h5-7H2,1-4H3. The first kappa shape index (κ1) is 14.3. The zero-order chi connectivity index (χ0) is 11.9. The Kier molecular flexibility index (Phi) is 6.46. The van der Waals surface area contributed by atoms with Crippen LogP contribution in [0, 0.1) is 0 Å². The number of carbonyl (C=O) groups is 1. The molecule has 6 nitrogen and oxygen atoms in total. The SMILES string of the molecule is CCOS(=O)(=NC(=O)OC)N(CC)CC. The van der Waals surface area contributed by atoms with Crippen LogP contribution < -0.4 is 0 Å². The molecule has 0 aliphatic rings. The Hall–Kier alpha value is -0.660. The Bertz CT molecular complexity index is 306. The third-order valence-electron chi connectivity index (χ3n) is 1.67. The molecule has 0 aliphatic heterocycles. The molecule has 0 spiro atoms. The van der Waals surface area contributed by atoms with Crippen LogP contribution in [0.3, 0.4) is 0 Å². The van der Waals surface area contributed by atoms with Crippen LogP contribution in [0.5, 0.6) is 0 Å². The number of hydrogen-bond acceptors (Lipinski definition) is 4. The lowest BCUT2D eigenvalue weighted by atomic mass is 10.7. The van der Waals surface area contributed by atoms with Gasteiger partial charge in [0.05, 0.1) is 13.7 Å². The molecular formula is C8H18N2O4S. The zero-order valence-corrected chi connectivity index (χ0v) is 10.4. The van der Waals surface area contributed by atoms with Gasteiger partial charge in [0.2, 0.25) is 10.2 Å². The predicted octanol–water partition coefficient (Wildman–Crippen LogP) is 1.43. The quantitative estimate of drug-likeness (QED) is 0.726. The fraction of sp³-hybridized carbons (Fsp3) is 0.875. The second-order valence-corrected chi connectivity index (χ2v) is 4.36. The molecule has 0 saturated carbocycles. The molecule has 0 aromatic rings. The monoisotopic (exact) mass is 238 g/mol. The summed E-state index contributed by atoms with van der Waals surface area (Å²) in [6, 6.07) is 0. The molecule has 0 aliphatic carbocycles. The number of amides is 1. The van der Waals surface area contributed by atoms with Gasteiger partial charge in [0.25, 0.3) is 0 Å². The summed E-state index contributed by atoms with van der Waals surface area (Å²) in [7, 11) is -1.93. The molecule has 0 bridgehead atoms. The van der Waals surface area contributed by atoms with Crippen molar-refractivity contribution >= 4 is 16.3 Å². The van der Waals surface area contributed by atoms with E-state index in [9.17, 15) is 9.00 Å². The van der Waals surface area contributed by atoms with E-state index in [0.29, 0.717) is 13.1 Å². The first-order valence-corrected chi connectivity index (χ1v) is 6.18. The van der Waals surface area contributed by atoms with Crippen LogP contribution in [0.1, 0.15) is 20.8 Å². The maximum absolute atomic E-state index is 12.2. The van der Waals surface area contributed by atoms with Crippen LogP contribution in [-0.2, 0) is 19.1 Å². The summed E-state index contributed by atoms with van der Waals surface area (Å²) < 4.78 is 26.4. The van der Waals surface area contributed by atoms with Crippen LogP contribution in [0.2, 0.25) is 0 Å². The molecule has 0 aromatic heterocycles. The summed E-state index contributed by atoms with van der Waals surface area (Å²) in [5.74, 6) is 0. The number of methoxy groups -OCH3 is 1. The van der Waals surface area contributed by atoms with Crippen LogP contribution in [0.15, 0.2) is 4.36 Å². The fourth-order valence-corrected chi connectivity index (χ4v) is 2.53. The highest BCUT2D eigenvalue weighted by molar-refractivity contribution is 7.87. The summed E-state index contributed by atoms with van der Waals surface area (Å²) in [5.41, 5.74) is 0. The number of nitrogens with zero attached hydrogens (tertiary/aromatic N) is 2. The van der Waals surface area contributed by atoms with Gasteiger partial charge in [0.15, 0.2) is 0 Å². The van der Waals surface area contributed by atoms with Crippen molar-refractivity contribution in [3.05, 3.63) is 0 Å². The third-order valence-corrected chi connectivity index (χ3v) is 3.76. The van der Waals surface area contributed by atoms with Crippen molar-refractivity contribution < 1.29 is 17.9 Å². The highest BCUT2D eigenvalue weighted by Gasteiger charge is 2.19. The first-order chi connectivity index (χ1) is 7.03. The number of carbonyl (C=O) groups excluding carboxylic acids is 1. The summed E-state index contributed by atoms with van der Waals surface area (Å²) in [4.78, 5) is 11.0. The van der Waals surface area contributed by atoms with E-state index in [-0.39, 0.29) is 6.61 Å². The molecule has 1 amide bonds. The first-order valence-electron chi connectivity index (χ1n) is 4.78. The van der Waals surface area contributed by atoms with Gasteiger partial charge in [-0.15, -0.1) is 0 Å². The van der Waals surface area contributed by atoms with E-state index in [0.717, 1.165) is 0 Å². The number of ether oxygens (including phenoxy) is 1. The van der Waals surface area contributed by atoms with Crippen molar-refractivity contribution in [3.8, 4) is 0 Å². The summed E-state index contributed by atoms with van der Waals surface area (Å²) in [5, 5.41) is 0. The van der Waals surface area contributed by atoms with Gasteiger partial charge in [-0.1, -0.05) is 18.2 Å². The second kappa shape index (κ2) is 6.76. The Morgan fingerprint density at radius 2 is 1.87 bits per heavy atom. The lowest BCUT2D eigenvalue weighted by Gasteiger charge is -2.21. The van der Waals surface area contributed by atoms with Gasteiger partial charge in [-0.05, 0) is 6.92 Å². The van der Waals surface area contributed by atoms with Gasteiger partial charge in [-0.2, -0.15) is 4.31 Å². The number of hydrogen-bond donors (Lipinski definition) is 0. The molecule has 7 heteroatoms. The third kappa shape index (κ3) is 4.15. The molecule has 90 valence electrons. The predicted molar refractivity (Wildman–Crippen MR) is 57.5 cm³/mol. The minimum absolute atomic E-state index is 0.218. The highest BCUT2D eigenvalue weighted by atomic mass is 32.2. The van der Waals surface area contributed by atoms with Crippen molar-refractivity contribution in [1.29, 1.82) is 0 Å². The van der Waals surface area contributed by atoms with Gasteiger partial charge >= 0.3 is 6.09 Å². The minimum atomic E-state index is -3.11. The molecule has 1 unspecified atom stereocenters. The smallest absolute Gasteiger partial charge is 0.444 e. The van der Waals surface area contributed by atoms with Crippen molar-refractivity contribution in [2.24, 2.45) is 4.36 Å². The normalized spacial score (nSPS) is 14.7. The van der Waals surface area contributed by atoms with E-state index >= 15 is 0 Å². The van der Waals surface area contributed by atoms with E-state index in [2.05, 4.69) is 9.10 Å². The molecule has 15 heavy (non-hydrogen) atoms. The van der Waals surface area contributed by atoms with Crippen molar-refractivity contribution in [2.45, 2.75) is 20.8 Å². The molecule has 0 saturated heterocycles. The Morgan fingerprint density at radius 3 is 2.20 bits per heavy atom. The van der Waals surface area contributed by atoms with E-state index in [1.165, 1.54) is 11.4 Å². The van der Waals surface area contributed by atoms with E-state index in [4.69, 9.17) is 4.18 Å². The van der Waals surface area contributed by atoms with Gasteiger partial charge < -0.3 is 4.74 Å². The molecule has 0 heterocycles. The van der Waals surface area contributed by atoms with E-state index in [1.807, 2.05) is 13.8 Å². The Morgan fingerprint density at radius 1 is 1.33 bits per heavy atom. The fourth-order valence-electron chi connectivity index (χ4n) is 0.993. The minimum Gasteiger partial charge on any atom is -0.451 e. The molecular weight excluding hydrogens is 220 g/mol. The summed E-state index contributed by atoms with van der Waals surface area (Å²) in [6.07, 6.45) is -0.889. The van der Waals surface area contributed by atoms with Crippen LogP contribution >= 0.6 is 0 Å². The van der Waals surface area contributed by atoms with Crippen LogP contribution in [-0.4, -0.2) is 41.4 Å². The Labute approximate surface area is 91.1 Å². The van der Waals surface area contributed by atoms with E-state index in [1.54, 1.807) is 6.92 Å². The molecule has 1 atom stereocenters. The largest absolute Gasteiger partial charge is 0.451 e. The van der Waals surface area contributed by atoms with E-state index < -0.39 is 16.3 Å². The Balaban J connectivity index is 5.12. The summed E-state index contributed by atoms with van der Waals surface area (Å²) in [6.45, 7) is 6.50. The molecule has 0 fully saturated rings. The topological polar surface area (TPSA) is 68.2 Å². The van der Waals surface area contributed by atoms with Gasteiger partial charge in [0, 0.05) is 13.1 Å². The molecule has 0 radical (unpaired) electrons. The molecule has 0 rings (SSSR count). The maximum atomic E-state index is 12.2. The van der Waals surface area contributed by atoms with Crippen LogP contribution in [0.25, 0.3) is 0 Å². The van der Waals surface area contributed by atoms with Crippen molar-refractivity contribution in [3.63, 3.8) is 0 Å². The van der Waals surface area contributed by atoms with Crippen molar-refractivity contribution in [1.82, 2.24) is 4.31 Å². The summed E-state index contributed by atoms with van der Waals surface area (Å²) >= 11 is 0. The number of rotatable bonds is 5. The van der Waals surface area contributed by atoms with Gasteiger partial charge in [-0.25, -0.2) is 9.00 Å². The van der Waals surface area contributed by atoms with Crippen LogP contribution in [0.4, 0.5) is 4.79 Å². The highest BCUT2D eigenvalue weighted by Crippen LogP contribution is 2.08. The van der Waals surface area contributed by atoms with Gasteiger partial charge in [-0.3, -0.25) is 4.18 Å². The zero-order valence-electron chi connectivity index (χ0n) is 9.56. The molecule has 0 N–H and O–H groups in total. The lowest BCUT2D eigenvalue weighted by molar-refractivity contribution is 0.182. The van der Waals surface area contributed by atoms with Crippen molar-refractivity contribution in [2.75, 3.05) is 26.8 Å². The average molecular weight is 238 g/mol. The average Bonchev–Trinajstić information content (AvgIpc) is 2.19. The van der Waals surface area contributed by atoms with Gasteiger partial charge in [0.1, 0.15) is 0 Å². The second-order valence-electron chi connectivity index (χ2n) is 2.53. The molecule has 0 aromatic carbocycles.